The molecule has 0 radical (unpaired) electrons. The quantitative estimate of drug-likeness (QED) is 0.795. The second kappa shape index (κ2) is 5.97. The maximum absolute atomic E-state index is 12.7. The van der Waals surface area contributed by atoms with Gasteiger partial charge in [0.25, 0.3) is 0 Å². The molecule has 20 heavy (non-hydrogen) atoms. The SMILES string of the molecule is CC(C)C1CN=C(Nc2cc(C(F)(F)F)ccc2Br)S1. The molecule has 0 spiro atoms. The van der Waals surface area contributed by atoms with E-state index in [4.69, 9.17) is 0 Å². The molecule has 1 N–H and O–H groups in total. The lowest BCUT2D eigenvalue weighted by Gasteiger charge is -2.14. The van der Waals surface area contributed by atoms with Gasteiger partial charge in [-0.15, -0.1) is 0 Å². The first-order valence-corrected chi connectivity index (χ1v) is 7.79. The number of rotatable bonds is 2. The second-order valence-electron chi connectivity index (χ2n) is 4.86. The van der Waals surface area contributed by atoms with Gasteiger partial charge in [-0.3, -0.25) is 4.99 Å². The average Bonchev–Trinajstić information content (AvgIpc) is 2.79. The lowest BCUT2D eigenvalue weighted by Crippen LogP contribution is -2.13. The van der Waals surface area contributed by atoms with Gasteiger partial charge in [0.05, 0.1) is 17.8 Å². The lowest BCUT2D eigenvalue weighted by molar-refractivity contribution is -0.137. The fraction of sp³-hybridized carbons (Fsp3) is 0.462. The van der Waals surface area contributed by atoms with Gasteiger partial charge < -0.3 is 5.32 Å². The highest BCUT2D eigenvalue weighted by molar-refractivity contribution is 9.10. The highest BCUT2D eigenvalue weighted by Crippen LogP contribution is 2.35. The minimum Gasteiger partial charge on any atom is -0.334 e. The number of halogens is 4. The van der Waals surface area contributed by atoms with Crippen LogP contribution in [0.3, 0.4) is 0 Å². The van der Waals surface area contributed by atoms with Gasteiger partial charge in [-0.05, 0) is 40.0 Å². The van der Waals surface area contributed by atoms with E-state index in [1.54, 1.807) is 11.8 Å². The van der Waals surface area contributed by atoms with Crippen LogP contribution in [0.4, 0.5) is 18.9 Å². The Bertz CT molecular complexity index is 529. The molecule has 2 nitrogen and oxygen atoms in total. The van der Waals surface area contributed by atoms with Crippen LogP contribution in [0, 0.1) is 5.92 Å². The predicted octanol–water partition coefficient (Wildman–Crippen LogP) is 5.01. The zero-order valence-electron chi connectivity index (χ0n) is 11.0. The fourth-order valence-corrected chi connectivity index (χ4v) is 3.09. The zero-order chi connectivity index (χ0) is 14.9. The first kappa shape index (κ1) is 15.7. The summed E-state index contributed by atoms with van der Waals surface area (Å²) in [7, 11) is 0. The molecule has 1 heterocycles. The third-order valence-electron chi connectivity index (χ3n) is 2.96. The monoisotopic (exact) mass is 366 g/mol. The van der Waals surface area contributed by atoms with Crippen LogP contribution in [0.25, 0.3) is 0 Å². The molecule has 1 aliphatic rings. The first-order chi connectivity index (χ1) is 9.27. The van der Waals surface area contributed by atoms with E-state index in [1.807, 2.05) is 0 Å². The van der Waals surface area contributed by atoms with E-state index in [9.17, 15) is 13.2 Å². The van der Waals surface area contributed by atoms with Crippen molar-refractivity contribution in [3.63, 3.8) is 0 Å². The summed E-state index contributed by atoms with van der Waals surface area (Å²) >= 11 is 4.83. The maximum Gasteiger partial charge on any atom is 0.416 e. The van der Waals surface area contributed by atoms with Gasteiger partial charge in [-0.25, -0.2) is 0 Å². The molecule has 1 aromatic rings. The van der Waals surface area contributed by atoms with Crippen LogP contribution < -0.4 is 5.32 Å². The summed E-state index contributed by atoms with van der Waals surface area (Å²) < 4.78 is 38.7. The smallest absolute Gasteiger partial charge is 0.334 e. The van der Waals surface area contributed by atoms with Crippen molar-refractivity contribution in [1.82, 2.24) is 0 Å². The minimum atomic E-state index is -4.35. The van der Waals surface area contributed by atoms with Crippen LogP contribution in [0.15, 0.2) is 27.7 Å². The molecule has 0 bridgehead atoms. The van der Waals surface area contributed by atoms with E-state index >= 15 is 0 Å². The van der Waals surface area contributed by atoms with Crippen LogP contribution >= 0.6 is 27.7 Å². The van der Waals surface area contributed by atoms with Crippen LogP contribution in [0.5, 0.6) is 0 Å². The Labute approximate surface area is 128 Å². The van der Waals surface area contributed by atoms with Crippen LogP contribution in [-0.2, 0) is 6.18 Å². The molecule has 1 unspecified atom stereocenters. The summed E-state index contributed by atoms with van der Waals surface area (Å²) in [6.45, 7) is 4.91. The van der Waals surface area contributed by atoms with Crippen LogP contribution in [0.1, 0.15) is 19.4 Å². The number of thioether (sulfide) groups is 1. The van der Waals surface area contributed by atoms with E-state index in [2.05, 4.69) is 40.1 Å². The van der Waals surface area contributed by atoms with Crippen molar-refractivity contribution in [1.29, 1.82) is 0 Å². The molecular formula is C13H14BrF3N2S. The number of benzene rings is 1. The molecule has 110 valence electrons. The Balaban J connectivity index is 2.14. The van der Waals surface area contributed by atoms with Gasteiger partial charge in [0, 0.05) is 9.72 Å². The van der Waals surface area contributed by atoms with Crippen molar-refractivity contribution in [2.24, 2.45) is 10.9 Å². The Kier molecular flexibility index (Phi) is 4.69. The summed E-state index contributed by atoms with van der Waals surface area (Å²) in [5.74, 6) is 0.480. The number of nitrogens with zero attached hydrogens (tertiary/aromatic N) is 1. The Hall–Kier alpha value is -0.690. The van der Waals surface area contributed by atoms with Crippen LogP contribution in [-0.4, -0.2) is 17.0 Å². The molecule has 0 saturated carbocycles. The molecule has 0 aromatic heterocycles. The molecule has 0 amide bonds. The summed E-state index contributed by atoms with van der Waals surface area (Å²) in [6, 6.07) is 3.54. The van der Waals surface area contributed by atoms with E-state index in [0.717, 1.165) is 12.1 Å². The second-order valence-corrected chi connectivity index (χ2v) is 6.95. The van der Waals surface area contributed by atoms with Crippen molar-refractivity contribution in [2.75, 3.05) is 11.9 Å². The number of anilines is 1. The molecule has 1 aromatic carbocycles. The first-order valence-electron chi connectivity index (χ1n) is 6.12. The third-order valence-corrected chi connectivity index (χ3v) is 5.10. The topological polar surface area (TPSA) is 24.4 Å². The predicted molar refractivity (Wildman–Crippen MR) is 81.3 cm³/mol. The largest absolute Gasteiger partial charge is 0.416 e. The summed E-state index contributed by atoms with van der Waals surface area (Å²) in [4.78, 5) is 4.33. The molecule has 1 atom stereocenters. The van der Waals surface area contributed by atoms with Gasteiger partial charge in [0.1, 0.15) is 0 Å². The molecular weight excluding hydrogens is 353 g/mol. The maximum atomic E-state index is 12.7. The summed E-state index contributed by atoms with van der Waals surface area (Å²) in [6.07, 6.45) is -4.35. The van der Waals surface area contributed by atoms with Gasteiger partial charge in [0.2, 0.25) is 0 Å². The van der Waals surface area contributed by atoms with E-state index in [-0.39, 0.29) is 0 Å². The Morgan fingerprint density at radius 3 is 2.65 bits per heavy atom. The van der Waals surface area contributed by atoms with Crippen molar-refractivity contribution >= 4 is 38.5 Å². The molecule has 1 aliphatic heterocycles. The summed E-state index contributed by atoms with van der Waals surface area (Å²) in [5, 5.41) is 4.02. The van der Waals surface area contributed by atoms with Crippen LogP contribution in [0.2, 0.25) is 0 Å². The number of nitrogens with one attached hydrogen (secondary N) is 1. The van der Waals surface area contributed by atoms with Gasteiger partial charge in [-0.2, -0.15) is 13.2 Å². The number of hydrogen-bond donors (Lipinski definition) is 1. The highest BCUT2D eigenvalue weighted by Gasteiger charge is 2.31. The average molecular weight is 367 g/mol. The number of alkyl halides is 3. The Morgan fingerprint density at radius 1 is 1.40 bits per heavy atom. The molecule has 2 rings (SSSR count). The fourth-order valence-electron chi connectivity index (χ4n) is 1.72. The minimum absolute atomic E-state index is 0.377. The molecule has 7 heteroatoms. The zero-order valence-corrected chi connectivity index (χ0v) is 13.4. The van der Waals surface area contributed by atoms with E-state index in [0.29, 0.717) is 33.0 Å². The lowest BCUT2D eigenvalue weighted by atomic mass is 10.1. The molecule has 0 saturated heterocycles. The van der Waals surface area contributed by atoms with Crippen molar-refractivity contribution in [2.45, 2.75) is 25.3 Å². The van der Waals surface area contributed by atoms with Gasteiger partial charge >= 0.3 is 6.18 Å². The van der Waals surface area contributed by atoms with E-state index in [1.165, 1.54) is 6.07 Å². The number of amidine groups is 1. The summed E-state index contributed by atoms with van der Waals surface area (Å²) in [5.41, 5.74) is -0.289. The molecule has 0 aliphatic carbocycles. The number of aliphatic imine (C=N–C) groups is 1. The third kappa shape index (κ3) is 3.69. The van der Waals surface area contributed by atoms with Crippen molar-refractivity contribution < 1.29 is 13.2 Å². The standard InChI is InChI=1S/C13H14BrF3N2S/c1-7(2)11-6-18-12(20-11)19-10-5-8(13(15,16)17)3-4-9(10)14/h3-5,7,11H,6H2,1-2H3,(H,18,19). The van der Waals surface area contributed by atoms with E-state index < -0.39 is 11.7 Å². The highest BCUT2D eigenvalue weighted by atomic mass is 79.9. The number of hydrogen-bond acceptors (Lipinski definition) is 3. The molecule has 0 fully saturated rings. The van der Waals surface area contributed by atoms with Crippen molar-refractivity contribution in [3.05, 3.63) is 28.2 Å². The van der Waals surface area contributed by atoms with Gasteiger partial charge in [0.15, 0.2) is 5.17 Å². The Morgan fingerprint density at radius 2 is 2.10 bits per heavy atom. The van der Waals surface area contributed by atoms with Crippen molar-refractivity contribution in [3.8, 4) is 0 Å². The van der Waals surface area contributed by atoms with Gasteiger partial charge in [-0.1, -0.05) is 25.6 Å². The normalized spacial score (nSPS) is 19.4.